The van der Waals surface area contributed by atoms with Crippen molar-refractivity contribution in [2.75, 3.05) is 14.2 Å². The van der Waals surface area contributed by atoms with Gasteiger partial charge in [-0.3, -0.25) is 4.98 Å². The number of benzene rings is 2. The fourth-order valence-electron chi connectivity index (χ4n) is 2.78. The van der Waals surface area contributed by atoms with Crippen molar-refractivity contribution in [2.45, 2.75) is 13.0 Å². The molecule has 0 bridgehead atoms. The maximum absolute atomic E-state index is 13.0. The lowest BCUT2D eigenvalue weighted by molar-refractivity contribution is -0.282. The molecule has 0 aliphatic rings. The number of hydrogen-bond acceptors (Lipinski definition) is 4. The van der Waals surface area contributed by atoms with Crippen LogP contribution in [-0.4, -0.2) is 27.0 Å². The topological polar surface area (TPSA) is 40.6 Å². The van der Waals surface area contributed by atoms with Gasteiger partial charge >= 0.3 is 0 Å². The lowest BCUT2D eigenvalue weighted by Gasteiger charge is -2.14. The summed E-state index contributed by atoms with van der Waals surface area (Å²) in [6.45, 7) is 0.207. The van der Waals surface area contributed by atoms with Crippen molar-refractivity contribution >= 4 is 24.2 Å². The average molecular weight is 337 g/mol. The summed E-state index contributed by atoms with van der Waals surface area (Å²) < 4.78 is 18.5. The Morgan fingerprint density at radius 3 is 2.52 bits per heavy atom. The van der Waals surface area contributed by atoms with Gasteiger partial charge < -0.3 is 4.74 Å². The van der Waals surface area contributed by atoms with Gasteiger partial charge in [0.2, 0.25) is 0 Å². The Kier molecular flexibility index (Phi) is 5.31. The number of hydrogen-bond donors (Lipinski definition) is 0. The molecule has 0 aliphatic heterocycles. The molecule has 126 valence electrons. The minimum atomic E-state index is -0.250. The summed E-state index contributed by atoms with van der Waals surface area (Å²) in [7, 11) is 9.21. The van der Waals surface area contributed by atoms with E-state index in [9.17, 15) is 4.39 Å². The molecule has 1 heterocycles. The summed E-state index contributed by atoms with van der Waals surface area (Å²) in [5, 5.41) is 0.803. The van der Waals surface area contributed by atoms with Crippen LogP contribution in [0.3, 0.4) is 0 Å². The fraction of sp³-hybridized carbons (Fsp3) is 0.211. The third-order valence-corrected chi connectivity index (χ3v) is 3.95. The van der Waals surface area contributed by atoms with Crippen molar-refractivity contribution in [3.8, 4) is 5.75 Å². The molecule has 4 nitrogen and oxygen atoms in total. The van der Waals surface area contributed by atoms with E-state index in [1.54, 1.807) is 31.5 Å². The molecule has 3 rings (SSSR count). The lowest BCUT2D eigenvalue weighted by Crippen LogP contribution is -2.10. The van der Waals surface area contributed by atoms with Gasteiger partial charge in [0.05, 0.1) is 14.2 Å². The molecule has 0 fully saturated rings. The van der Waals surface area contributed by atoms with E-state index < -0.39 is 0 Å². The van der Waals surface area contributed by atoms with Crippen LogP contribution in [0.2, 0.25) is 0 Å². The Bertz CT molecular complexity index is 884. The highest BCUT2D eigenvalue weighted by molar-refractivity contribution is 6.39. The first-order valence-corrected chi connectivity index (χ1v) is 7.76. The molecular formula is C19H17BFNO3. The van der Waals surface area contributed by atoms with Crippen LogP contribution in [0.5, 0.6) is 5.75 Å². The summed E-state index contributed by atoms with van der Waals surface area (Å²) in [5.41, 5.74) is 3.99. The molecule has 1 aromatic heterocycles. The first-order chi connectivity index (χ1) is 12.1. The quantitative estimate of drug-likeness (QED) is 0.394. The van der Waals surface area contributed by atoms with Crippen molar-refractivity contribution < 1.29 is 18.9 Å². The molecule has 0 spiro atoms. The van der Waals surface area contributed by atoms with Crippen LogP contribution in [0.1, 0.15) is 16.7 Å². The van der Waals surface area contributed by atoms with E-state index in [-0.39, 0.29) is 12.4 Å². The second-order valence-corrected chi connectivity index (χ2v) is 5.63. The summed E-state index contributed by atoms with van der Waals surface area (Å²) in [6.07, 6.45) is 2.41. The number of pyridine rings is 1. The Morgan fingerprint density at radius 1 is 1.08 bits per heavy atom. The van der Waals surface area contributed by atoms with Crippen LogP contribution >= 0.6 is 0 Å². The smallest absolute Gasteiger partial charge is 0.150 e. The molecule has 2 aromatic carbocycles. The highest BCUT2D eigenvalue weighted by atomic mass is 19.1. The number of halogens is 1. The van der Waals surface area contributed by atoms with Crippen LogP contribution in [0.4, 0.5) is 4.39 Å². The van der Waals surface area contributed by atoms with Crippen LogP contribution in [-0.2, 0) is 22.8 Å². The predicted octanol–water partition coefficient (Wildman–Crippen LogP) is 2.85. The van der Waals surface area contributed by atoms with Gasteiger partial charge in [0.1, 0.15) is 25.8 Å². The van der Waals surface area contributed by atoms with Gasteiger partial charge in [0.25, 0.3) is 0 Å². The molecule has 0 atom stereocenters. The predicted molar refractivity (Wildman–Crippen MR) is 94.7 cm³/mol. The second kappa shape index (κ2) is 7.63. The van der Waals surface area contributed by atoms with Gasteiger partial charge in [-0.2, -0.15) is 0 Å². The maximum Gasteiger partial charge on any atom is 0.150 e. The average Bonchev–Trinajstić information content (AvgIpc) is 2.62. The first-order valence-electron chi connectivity index (χ1n) is 7.76. The van der Waals surface area contributed by atoms with Gasteiger partial charge in [-0.05, 0) is 41.1 Å². The highest BCUT2D eigenvalue weighted by Crippen LogP contribution is 2.28. The zero-order valence-electron chi connectivity index (χ0n) is 14.1. The third kappa shape index (κ3) is 3.81. The number of fused-ring (bicyclic) bond motifs is 1. The minimum absolute atomic E-state index is 0.207. The number of methoxy groups -OCH3 is 1. The molecule has 2 radical (unpaired) electrons. The Morgan fingerprint density at radius 2 is 1.84 bits per heavy atom. The van der Waals surface area contributed by atoms with Crippen LogP contribution in [0.25, 0.3) is 10.9 Å². The lowest BCUT2D eigenvalue weighted by atomic mass is 9.88. The summed E-state index contributed by atoms with van der Waals surface area (Å²) >= 11 is 0. The molecule has 3 aromatic rings. The second-order valence-electron chi connectivity index (χ2n) is 5.63. The van der Waals surface area contributed by atoms with Crippen molar-refractivity contribution in [3.05, 3.63) is 65.1 Å². The Balaban J connectivity index is 1.99. The summed E-state index contributed by atoms with van der Waals surface area (Å²) in [5.74, 6) is 0.356. The largest absolute Gasteiger partial charge is 0.494 e. The first kappa shape index (κ1) is 17.4. The monoisotopic (exact) mass is 337 g/mol. The van der Waals surface area contributed by atoms with Gasteiger partial charge in [-0.1, -0.05) is 23.7 Å². The van der Waals surface area contributed by atoms with Crippen molar-refractivity contribution in [3.63, 3.8) is 0 Å². The van der Waals surface area contributed by atoms with Gasteiger partial charge in [0.15, 0.2) is 5.75 Å². The molecule has 0 saturated carbocycles. The Labute approximate surface area is 146 Å². The molecule has 0 saturated heterocycles. The van der Waals surface area contributed by atoms with E-state index in [0.717, 1.165) is 22.1 Å². The standard InChI is InChI=1S/C19H17BFNO3/c1-23-19-14(11-25-24-2)9-17(20)16-8-13(10-22-18(16)19)7-12-3-5-15(21)6-4-12/h3-6,8-10H,7,11H2,1-2H3. The van der Waals surface area contributed by atoms with E-state index in [0.29, 0.717) is 23.1 Å². The van der Waals surface area contributed by atoms with Crippen molar-refractivity contribution in [1.29, 1.82) is 0 Å². The third-order valence-electron chi connectivity index (χ3n) is 3.95. The minimum Gasteiger partial charge on any atom is -0.494 e. The number of nitrogens with zero attached hydrogens (tertiary/aromatic N) is 1. The molecule has 6 heteroatoms. The number of ether oxygens (including phenoxy) is 1. The zero-order valence-corrected chi connectivity index (χ0v) is 14.1. The number of rotatable bonds is 6. The number of aromatic nitrogens is 1. The van der Waals surface area contributed by atoms with Crippen molar-refractivity contribution in [1.82, 2.24) is 4.98 Å². The maximum atomic E-state index is 13.0. The van der Waals surface area contributed by atoms with E-state index >= 15 is 0 Å². The van der Waals surface area contributed by atoms with Gasteiger partial charge in [0, 0.05) is 11.8 Å². The highest BCUT2D eigenvalue weighted by Gasteiger charge is 2.13. The fourth-order valence-corrected chi connectivity index (χ4v) is 2.78. The van der Waals surface area contributed by atoms with Gasteiger partial charge in [-0.25, -0.2) is 14.2 Å². The summed E-state index contributed by atoms with van der Waals surface area (Å²) in [6, 6.07) is 10.2. The van der Waals surface area contributed by atoms with Gasteiger partial charge in [-0.15, -0.1) is 0 Å². The Hall–Kier alpha value is -2.44. The molecule has 25 heavy (non-hydrogen) atoms. The molecule has 0 N–H and O–H groups in total. The van der Waals surface area contributed by atoms with E-state index in [1.165, 1.54) is 19.2 Å². The molecular weight excluding hydrogens is 320 g/mol. The van der Waals surface area contributed by atoms with E-state index in [4.69, 9.17) is 17.5 Å². The van der Waals surface area contributed by atoms with Crippen LogP contribution in [0, 0.1) is 5.82 Å². The normalized spacial score (nSPS) is 11.0. The SMILES string of the molecule is [B]c1cc(COOC)c(OC)c2ncc(Cc3ccc(F)cc3)cc12. The van der Waals surface area contributed by atoms with E-state index in [2.05, 4.69) is 9.87 Å². The summed E-state index contributed by atoms with van der Waals surface area (Å²) in [4.78, 5) is 14.2. The molecule has 0 amide bonds. The van der Waals surface area contributed by atoms with Crippen molar-refractivity contribution in [2.24, 2.45) is 0 Å². The van der Waals surface area contributed by atoms with Crippen LogP contribution < -0.4 is 10.2 Å². The van der Waals surface area contributed by atoms with E-state index in [1.807, 2.05) is 6.07 Å². The molecule has 0 unspecified atom stereocenters. The van der Waals surface area contributed by atoms with Crippen LogP contribution in [0.15, 0.2) is 42.6 Å². The zero-order chi connectivity index (χ0) is 17.8. The molecule has 0 aliphatic carbocycles.